The third-order valence-corrected chi connectivity index (χ3v) is 1.89. The van der Waals surface area contributed by atoms with E-state index in [1.807, 2.05) is 0 Å². The molecule has 0 saturated heterocycles. The summed E-state index contributed by atoms with van der Waals surface area (Å²) in [4.78, 5) is 27.8. The summed E-state index contributed by atoms with van der Waals surface area (Å²) in [7, 11) is 0. The van der Waals surface area contributed by atoms with Gasteiger partial charge in [0.05, 0.1) is 10.9 Å². The number of nitrogens with zero attached hydrogens (tertiary/aromatic N) is 1. The predicted molar refractivity (Wildman–Crippen MR) is 51.0 cm³/mol. The van der Waals surface area contributed by atoms with Crippen LogP contribution in [0.1, 0.15) is 10.6 Å². The van der Waals surface area contributed by atoms with E-state index in [0.717, 1.165) is 0 Å². The summed E-state index contributed by atoms with van der Waals surface area (Å²) in [6.45, 7) is 0. The summed E-state index contributed by atoms with van der Waals surface area (Å²) in [5.74, 6) is -1.84. The number of hydrogen-bond donors (Lipinski definition) is 3. The number of rotatable bonds is 1. The summed E-state index contributed by atoms with van der Waals surface area (Å²) in [6.07, 6.45) is 0. The molecule has 0 unspecified atom stereocenters. The number of phenols is 1. The van der Waals surface area contributed by atoms with Gasteiger partial charge >= 0.3 is 5.97 Å². The Balaban J connectivity index is 2.85. The number of nitrogens with one attached hydrogen (secondary N) is 1. The van der Waals surface area contributed by atoms with Crippen molar-refractivity contribution in [3.63, 3.8) is 0 Å². The van der Waals surface area contributed by atoms with E-state index in [1.165, 1.54) is 18.2 Å². The predicted octanol–water partition coefficient (Wildman–Crippen LogP) is 0.327. The maximum atomic E-state index is 11.4. The van der Waals surface area contributed by atoms with Crippen LogP contribution >= 0.6 is 0 Å². The minimum atomic E-state index is -1.32. The summed E-state index contributed by atoms with van der Waals surface area (Å²) < 4.78 is 0. The molecular formula is C9H6N2O4. The molecule has 6 nitrogen and oxygen atoms in total. The highest BCUT2D eigenvalue weighted by molar-refractivity contribution is 5.87. The number of carboxylic acid groups (broad SMARTS) is 1. The van der Waals surface area contributed by atoms with Crippen LogP contribution in [-0.4, -0.2) is 26.2 Å². The van der Waals surface area contributed by atoms with Gasteiger partial charge in [-0.25, -0.2) is 9.78 Å². The standard InChI is InChI=1S/C9H6N2O4/c12-4-1-2-5-6(3-4)10-7(9(14)15)11-8(5)13/h1-3,12H,(H,14,15)(H,10,11,13). The third kappa shape index (κ3) is 1.52. The topological polar surface area (TPSA) is 103 Å². The molecule has 6 heteroatoms. The molecule has 0 aliphatic heterocycles. The highest BCUT2D eigenvalue weighted by Gasteiger charge is 2.09. The lowest BCUT2D eigenvalue weighted by Crippen LogP contribution is -2.15. The fourth-order valence-corrected chi connectivity index (χ4v) is 1.23. The second-order valence-electron chi connectivity index (χ2n) is 2.92. The van der Waals surface area contributed by atoms with Gasteiger partial charge in [0.2, 0.25) is 5.82 Å². The molecule has 0 aliphatic carbocycles. The van der Waals surface area contributed by atoms with E-state index in [4.69, 9.17) is 10.2 Å². The van der Waals surface area contributed by atoms with E-state index in [2.05, 4.69) is 9.97 Å². The van der Waals surface area contributed by atoms with Gasteiger partial charge < -0.3 is 15.2 Å². The van der Waals surface area contributed by atoms with Crippen LogP contribution in [-0.2, 0) is 0 Å². The SMILES string of the molecule is O=C(O)c1nc2cc(O)ccc2c(=O)[nH]1. The minimum absolute atomic E-state index is 0.0723. The molecule has 3 N–H and O–H groups in total. The molecule has 1 heterocycles. The lowest BCUT2D eigenvalue weighted by atomic mass is 10.2. The van der Waals surface area contributed by atoms with Gasteiger partial charge in [0.1, 0.15) is 5.75 Å². The second kappa shape index (κ2) is 3.09. The van der Waals surface area contributed by atoms with Gasteiger partial charge in [0, 0.05) is 6.07 Å². The van der Waals surface area contributed by atoms with Crippen molar-refractivity contribution >= 4 is 16.9 Å². The fraction of sp³-hybridized carbons (Fsp3) is 0. The van der Waals surface area contributed by atoms with E-state index >= 15 is 0 Å². The fourth-order valence-electron chi connectivity index (χ4n) is 1.23. The molecule has 0 saturated carbocycles. The molecule has 0 amide bonds. The molecule has 0 radical (unpaired) electrons. The van der Waals surface area contributed by atoms with Crippen LogP contribution in [0.5, 0.6) is 5.75 Å². The number of carboxylic acids is 1. The largest absolute Gasteiger partial charge is 0.508 e. The lowest BCUT2D eigenvalue weighted by Gasteiger charge is -1.98. The molecule has 2 aromatic rings. The van der Waals surface area contributed by atoms with Gasteiger partial charge in [-0.15, -0.1) is 0 Å². The molecule has 0 aliphatic rings. The molecular weight excluding hydrogens is 200 g/mol. The summed E-state index contributed by atoms with van der Waals surface area (Å²) >= 11 is 0. The van der Waals surface area contributed by atoms with Crippen molar-refractivity contribution < 1.29 is 15.0 Å². The molecule has 0 fully saturated rings. The lowest BCUT2D eigenvalue weighted by molar-refractivity contribution is 0.0683. The first-order valence-electron chi connectivity index (χ1n) is 4.04. The summed E-state index contributed by atoms with van der Waals surface area (Å²) in [5, 5.41) is 18.0. The first kappa shape index (κ1) is 9.20. The van der Waals surface area contributed by atoms with Crippen LogP contribution in [0.4, 0.5) is 0 Å². The quantitative estimate of drug-likeness (QED) is 0.623. The zero-order valence-corrected chi connectivity index (χ0v) is 7.39. The molecule has 1 aromatic heterocycles. The Morgan fingerprint density at radius 2 is 2.13 bits per heavy atom. The van der Waals surface area contributed by atoms with E-state index in [9.17, 15) is 9.59 Å². The van der Waals surface area contributed by atoms with Gasteiger partial charge in [-0.05, 0) is 12.1 Å². The number of aromatic hydroxyl groups is 1. The Morgan fingerprint density at radius 3 is 2.80 bits per heavy atom. The molecule has 1 aromatic carbocycles. The second-order valence-corrected chi connectivity index (χ2v) is 2.92. The van der Waals surface area contributed by atoms with Gasteiger partial charge in [0.15, 0.2) is 0 Å². The van der Waals surface area contributed by atoms with Gasteiger partial charge in [-0.2, -0.15) is 0 Å². The smallest absolute Gasteiger partial charge is 0.372 e. The number of aromatic carboxylic acids is 1. The highest BCUT2D eigenvalue weighted by Crippen LogP contribution is 2.14. The molecule has 0 atom stereocenters. The summed E-state index contributed by atoms with van der Waals surface area (Å²) in [5.41, 5.74) is -0.395. The molecule has 2 rings (SSSR count). The molecule has 0 spiro atoms. The van der Waals surface area contributed by atoms with Crippen molar-refractivity contribution in [3.05, 3.63) is 34.4 Å². The average molecular weight is 206 g/mol. The van der Waals surface area contributed by atoms with Crippen LogP contribution < -0.4 is 5.56 Å². The van der Waals surface area contributed by atoms with Gasteiger partial charge in [-0.3, -0.25) is 4.79 Å². The number of benzene rings is 1. The van der Waals surface area contributed by atoms with Crippen molar-refractivity contribution in [2.24, 2.45) is 0 Å². The molecule has 15 heavy (non-hydrogen) atoms. The third-order valence-electron chi connectivity index (χ3n) is 1.89. The van der Waals surface area contributed by atoms with Crippen molar-refractivity contribution in [1.82, 2.24) is 9.97 Å². The first-order chi connectivity index (χ1) is 7.08. The Morgan fingerprint density at radius 1 is 1.40 bits per heavy atom. The molecule has 0 bridgehead atoms. The van der Waals surface area contributed by atoms with Crippen LogP contribution in [0.3, 0.4) is 0 Å². The first-order valence-corrected chi connectivity index (χ1v) is 4.04. The van der Waals surface area contributed by atoms with Crippen molar-refractivity contribution in [3.8, 4) is 5.75 Å². The minimum Gasteiger partial charge on any atom is -0.508 e. The maximum absolute atomic E-state index is 11.4. The van der Waals surface area contributed by atoms with E-state index < -0.39 is 17.4 Å². The Bertz CT molecular complexity index is 603. The number of aromatic nitrogens is 2. The van der Waals surface area contributed by atoms with Crippen LogP contribution in [0, 0.1) is 0 Å². The maximum Gasteiger partial charge on any atom is 0.372 e. The number of carbonyl (C=O) groups is 1. The average Bonchev–Trinajstić information content (AvgIpc) is 2.16. The monoisotopic (exact) mass is 206 g/mol. The zero-order chi connectivity index (χ0) is 11.0. The van der Waals surface area contributed by atoms with Crippen LogP contribution in [0.15, 0.2) is 23.0 Å². The van der Waals surface area contributed by atoms with E-state index in [-0.39, 0.29) is 16.7 Å². The van der Waals surface area contributed by atoms with Crippen LogP contribution in [0.2, 0.25) is 0 Å². The Labute approximate surface area is 82.8 Å². The Kier molecular flexibility index (Phi) is 1.89. The van der Waals surface area contributed by atoms with Crippen molar-refractivity contribution in [2.45, 2.75) is 0 Å². The summed E-state index contributed by atoms with van der Waals surface area (Å²) in [6, 6.07) is 3.94. The molecule has 76 valence electrons. The number of hydrogen-bond acceptors (Lipinski definition) is 4. The van der Waals surface area contributed by atoms with Gasteiger partial charge in [-0.1, -0.05) is 0 Å². The van der Waals surface area contributed by atoms with Crippen molar-refractivity contribution in [1.29, 1.82) is 0 Å². The number of phenolic OH excluding ortho intramolecular Hbond substituents is 1. The number of aromatic amines is 1. The zero-order valence-electron chi connectivity index (χ0n) is 7.39. The normalized spacial score (nSPS) is 10.4. The van der Waals surface area contributed by atoms with Crippen molar-refractivity contribution in [2.75, 3.05) is 0 Å². The van der Waals surface area contributed by atoms with Gasteiger partial charge in [0.25, 0.3) is 5.56 Å². The Hall–Kier alpha value is -2.37. The van der Waals surface area contributed by atoms with E-state index in [0.29, 0.717) is 0 Å². The highest BCUT2D eigenvalue weighted by atomic mass is 16.4. The van der Waals surface area contributed by atoms with E-state index in [1.54, 1.807) is 0 Å². The van der Waals surface area contributed by atoms with Crippen LogP contribution in [0.25, 0.3) is 10.9 Å². The number of fused-ring (bicyclic) bond motifs is 1. The number of H-pyrrole nitrogens is 1.